The summed E-state index contributed by atoms with van der Waals surface area (Å²) in [5, 5.41) is 8.69. The number of hydrogen-bond donors (Lipinski definition) is 1. The van der Waals surface area contributed by atoms with Gasteiger partial charge in [0.15, 0.2) is 0 Å². The highest BCUT2D eigenvalue weighted by atomic mass is 35.5. The van der Waals surface area contributed by atoms with Crippen LogP contribution in [0.5, 0.6) is 0 Å². The van der Waals surface area contributed by atoms with Gasteiger partial charge in [0, 0.05) is 10.4 Å². The van der Waals surface area contributed by atoms with Gasteiger partial charge in [0.1, 0.15) is 0 Å². The summed E-state index contributed by atoms with van der Waals surface area (Å²) < 4.78 is 0. The molecule has 0 saturated heterocycles. The zero-order valence-corrected chi connectivity index (χ0v) is 10.4. The summed E-state index contributed by atoms with van der Waals surface area (Å²) in [6.07, 6.45) is 0. The van der Waals surface area contributed by atoms with E-state index in [2.05, 4.69) is 23.0 Å². The minimum atomic E-state index is 0.633. The van der Waals surface area contributed by atoms with Gasteiger partial charge in [-0.05, 0) is 36.1 Å². The molecule has 1 heterocycles. The second kappa shape index (κ2) is 4.44. The number of hydrogen-bond acceptors (Lipinski definition) is 2. The van der Waals surface area contributed by atoms with E-state index in [1.165, 1.54) is 5.56 Å². The largest absolute Gasteiger partial charge is 0.353 e. The van der Waals surface area contributed by atoms with Crippen molar-refractivity contribution in [3.8, 4) is 0 Å². The van der Waals surface area contributed by atoms with Crippen LogP contribution in [0.4, 0.5) is 11.4 Å². The maximum absolute atomic E-state index is 6.06. The van der Waals surface area contributed by atoms with Crippen LogP contribution in [0.2, 0.25) is 10.0 Å². The van der Waals surface area contributed by atoms with E-state index in [1.54, 1.807) is 17.4 Å². The number of benzene rings is 1. The van der Waals surface area contributed by atoms with Crippen molar-refractivity contribution in [2.24, 2.45) is 0 Å². The van der Waals surface area contributed by atoms with Crippen molar-refractivity contribution < 1.29 is 0 Å². The Kier molecular flexibility index (Phi) is 3.19. The minimum absolute atomic E-state index is 0.633. The normalized spacial score (nSPS) is 10.3. The zero-order chi connectivity index (χ0) is 10.8. The van der Waals surface area contributed by atoms with Gasteiger partial charge in [0.25, 0.3) is 0 Å². The minimum Gasteiger partial charge on any atom is -0.353 e. The average Bonchev–Trinajstić information content (AvgIpc) is 2.57. The summed E-state index contributed by atoms with van der Waals surface area (Å²) in [5.41, 5.74) is 3.18. The van der Waals surface area contributed by atoms with Gasteiger partial charge in [-0.15, -0.1) is 11.3 Å². The smallest absolute Gasteiger partial charge is 0.0655 e. The van der Waals surface area contributed by atoms with Gasteiger partial charge < -0.3 is 5.32 Å². The summed E-state index contributed by atoms with van der Waals surface area (Å²) in [6.45, 7) is 2.06. The Bertz CT molecular complexity index is 479. The van der Waals surface area contributed by atoms with Gasteiger partial charge >= 0.3 is 0 Å². The molecule has 0 aliphatic rings. The molecule has 0 bridgehead atoms. The molecule has 0 unspecified atom stereocenters. The highest BCUT2D eigenvalue weighted by Gasteiger charge is 2.03. The van der Waals surface area contributed by atoms with Gasteiger partial charge in [-0.3, -0.25) is 0 Å². The van der Waals surface area contributed by atoms with E-state index < -0.39 is 0 Å². The predicted molar refractivity (Wildman–Crippen MR) is 68.8 cm³/mol. The van der Waals surface area contributed by atoms with E-state index >= 15 is 0 Å². The van der Waals surface area contributed by atoms with Crippen LogP contribution in [0.3, 0.4) is 0 Å². The maximum atomic E-state index is 6.06. The molecule has 0 fully saturated rings. The van der Waals surface area contributed by atoms with Crippen LogP contribution < -0.4 is 5.32 Å². The molecule has 15 heavy (non-hydrogen) atoms. The molecule has 2 rings (SSSR count). The van der Waals surface area contributed by atoms with Crippen LogP contribution in [-0.4, -0.2) is 0 Å². The van der Waals surface area contributed by atoms with Gasteiger partial charge in [-0.1, -0.05) is 23.2 Å². The van der Waals surface area contributed by atoms with Crippen LogP contribution in [-0.2, 0) is 0 Å². The fourth-order valence-electron chi connectivity index (χ4n) is 1.22. The molecule has 78 valence electrons. The number of halogens is 2. The SMILES string of the molecule is Cc1cscc1Nc1ccc(Cl)cc1Cl. The fourth-order valence-corrected chi connectivity index (χ4v) is 2.46. The van der Waals surface area contributed by atoms with Crippen LogP contribution in [0, 0.1) is 6.92 Å². The molecule has 1 aromatic carbocycles. The molecule has 0 radical (unpaired) electrons. The average molecular weight is 258 g/mol. The summed E-state index contributed by atoms with van der Waals surface area (Å²) in [7, 11) is 0. The molecule has 1 nitrogen and oxygen atoms in total. The van der Waals surface area contributed by atoms with E-state index in [9.17, 15) is 0 Å². The summed E-state index contributed by atoms with van der Waals surface area (Å²) in [5.74, 6) is 0. The number of rotatable bonds is 2. The van der Waals surface area contributed by atoms with E-state index in [4.69, 9.17) is 23.2 Å². The third-order valence-corrected chi connectivity index (χ3v) is 3.47. The molecule has 1 N–H and O–H groups in total. The first kappa shape index (κ1) is 10.8. The maximum Gasteiger partial charge on any atom is 0.0655 e. The molecule has 2 aromatic rings. The van der Waals surface area contributed by atoms with Crippen LogP contribution in [0.25, 0.3) is 0 Å². The summed E-state index contributed by atoms with van der Waals surface area (Å²) >= 11 is 13.5. The standard InChI is InChI=1S/C11H9Cl2NS/c1-7-5-15-6-11(7)14-10-3-2-8(12)4-9(10)13/h2-6,14H,1H3. The summed E-state index contributed by atoms with van der Waals surface area (Å²) in [6, 6.07) is 5.42. The molecule has 4 heteroatoms. The molecular formula is C11H9Cl2NS. The lowest BCUT2D eigenvalue weighted by molar-refractivity contribution is 1.49. The van der Waals surface area contributed by atoms with E-state index in [0.717, 1.165) is 11.4 Å². The molecule has 0 aliphatic heterocycles. The lowest BCUT2D eigenvalue weighted by Crippen LogP contribution is -1.90. The fraction of sp³-hybridized carbons (Fsp3) is 0.0909. The first-order valence-electron chi connectivity index (χ1n) is 4.41. The van der Waals surface area contributed by atoms with Crippen LogP contribution in [0.1, 0.15) is 5.56 Å². The number of nitrogens with one attached hydrogen (secondary N) is 1. The van der Waals surface area contributed by atoms with E-state index in [-0.39, 0.29) is 0 Å². The highest BCUT2D eigenvalue weighted by Crippen LogP contribution is 2.30. The lowest BCUT2D eigenvalue weighted by Gasteiger charge is -2.07. The van der Waals surface area contributed by atoms with Crippen molar-refractivity contribution in [1.82, 2.24) is 0 Å². The Hall–Kier alpha value is -0.700. The van der Waals surface area contributed by atoms with Crippen LogP contribution >= 0.6 is 34.5 Å². The quantitative estimate of drug-likeness (QED) is 0.789. The van der Waals surface area contributed by atoms with Crippen molar-refractivity contribution in [2.45, 2.75) is 6.92 Å². The van der Waals surface area contributed by atoms with Crippen LogP contribution in [0.15, 0.2) is 29.0 Å². The van der Waals surface area contributed by atoms with Gasteiger partial charge in [0.05, 0.1) is 16.4 Å². The molecular weight excluding hydrogens is 249 g/mol. The summed E-state index contributed by atoms with van der Waals surface area (Å²) in [4.78, 5) is 0. The van der Waals surface area contributed by atoms with Gasteiger partial charge in [-0.2, -0.15) is 0 Å². The van der Waals surface area contributed by atoms with E-state index in [0.29, 0.717) is 10.0 Å². The number of anilines is 2. The Balaban J connectivity index is 2.29. The van der Waals surface area contributed by atoms with Crippen molar-refractivity contribution in [3.63, 3.8) is 0 Å². The third-order valence-electron chi connectivity index (χ3n) is 2.06. The Morgan fingerprint density at radius 3 is 2.53 bits per heavy atom. The molecule has 0 atom stereocenters. The molecule has 0 amide bonds. The number of aryl methyl sites for hydroxylation is 1. The molecule has 0 saturated carbocycles. The van der Waals surface area contributed by atoms with Crippen molar-refractivity contribution >= 4 is 45.9 Å². The van der Waals surface area contributed by atoms with Crippen molar-refractivity contribution in [3.05, 3.63) is 44.6 Å². The Morgan fingerprint density at radius 2 is 1.93 bits per heavy atom. The second-order valence-corrected chi connectivity index (χ2v) is 4.80. The first-order chi connectivity index (χ1) is 7.16. The second-order valence-electron chi connectivity index (χ2n) is 3.22. The Morgan fingerprint density at radius 1 is 1.13 bits per heavy atom. The Labute approximate surface area is 103 Å². The molecule has 0 spiro atoms. The first-order valence-corrected chi connectivity index (χ1v) is 6.11. The zero-order valence-electron chi connectivity index (χ0n) is 8.05. The predicted octanol–water partition coefficient (Wildman–Crippen LogP) is 5.11. The van der Waals surface area contributed by atoms with E-state index in [1.807, 2.05) is 12.1 Å². The highest BCUT2D eigenvalue weighted by molar-refractivity contribution is 7.08. The van der Waals surface area contributed by atoms with Crippen molar-refractivity contribution in [2.75, 3.05) is 5.32 Å². The topological polar surface area (TPSA) is 12.0 Å². The van der Waals surface area contributed by atoms with Crippen molar-refractivity contribution in [1.29, 1.82) is 0 Å². The molecule has 1 aromatic heterocycles. The molecule has 0 aliphatic carbocycles. The van der Waals surface area contributed by atoms with Gasteiger partial charge in [-0.25, -0.2) is 0 Å². The third kappa shape index (κ3) is 2.46. The number of thiophene rings is 1. The van der Waals surface area contributed by atoms with Gasteiger partial charge in [0.2, 0.25) is 0 Å². The monoisotopic (exact) mass is 257 g/mol. The lowest BCUT2D eigenvalue weighted by atomic mass is 10.3.